The first-order chi connectivity index (χ1) is 7.79. The van der Waals surface area contributed by atoms with Crippen molar-refractivity contribution in [2.24, 2.45) is 11.7 Å². The lowest BCUT2D eigenvalue weighted by atomic mass is 10.0. The van der Waals surface area contributed by atoms with Crippen molar-refractivity contribution in [1.82, 2.24) is 9.97 Å². The summed E-state index contributed by atoms with van der Waals surface area (Å²) in [5.74, 6) is 1.83. The van der Waals surface area contributed by atoms with Crippen LogP contribution in [0.1, 0.15) is 31.9 Å². The highest BCUT2D eigenvalue weighted by Crippen LogP contribution is 2.20. The second-order valence-electron chi connectivity index (χ2n) is 4.59. The molecule has 1 saturated heterocycles. The number of hydrogen-bond acceptors (Lipinski definition) is 4. The van der Waals surface area contributed by atoms with E-state index in [4.69, 9.17) is 5.73 Å². The summed E-state index contributed by atoms with van der Waals surface area (Å²) >= 11 is 0. The van der Waals surface area contributed by atoms with Crippen LogP contribution >= 0.6 is 0 Å². The van der Waals surface area contributed by atoms with Crippen LogP contribution in [0.5, 0.6) is 0 Å². The molecule has 0 aromatic carbocycles. The van der Waals surface area contributed by atoms with E-state index in [-0.39, 0.29) is 0 Å². The van der Waals surface area contributed by atoms with Crippen LogP contribution < -0.4 is 10.6 Å². The highest BCUT2D eigenvalue weighted by atomic mass is 15.2. The maximum absolute atomic E-state index is 5.51. The van der Waals surface area contributed by atoms with Gasteiger partial charge in [-0.3, -0.25) is 4.98 Å². The molecule has 0 amide bonds. The molecule has 16 heavy (non-hydrogen) atoms. The first-order valence-corrected chi connectivity index (χ1v) is 6.05. The predicted octanol–water partition coefficient (Wildman–Crippen LogP) is 1.56. The first-order valence-electron chi connectivity index (χ1n) is 6.05. The zero-order chi connectivity index (χ0) is 11.4. The fourth-order valence-corrected chi connectivity index (χ4v) is 2.11. The van der Waals surface area contributed by atoms with Crippen LogP contribution in [0.2, 0.25) is 0 Å². The van der Waals surface area contributed by atoms with Crippen LogP contribution in [-0.4, -0.2) is 23.1 Å². The molecule has 1 aromatic heterocycles. The van der Waals surface area contributed by atoms with E-state index in [2.05, 4.69) is 21.8 Å². The van der Waals surface area contributed by atoms with Gasteiger partial charge in [0.2, 0.25) is 0 Å². The zero-order valence-electron chi connectivity index (χ0n) is 9.89. The van der Waals surface area contributed by atoms with E-state index in [1.165, 1.54) is 19.3 Å². The largest absolute Gasteiger partial charge is 0.355 e. The Morgan fingerprint density at radius 1 is 1.31 bits per heavy atom. The van der Waals surface area contributed by atoms with Gasteiger partial charge in [-0.15, -0.1) is 0 Å². The molecule has 88 valence electrons. The van der Waals surface area contributed by atoms with Gasteiger partial charge in [0.05, 0.1) is 18.1 Å². The zero-order valence-corrected chi connectivity index (χ0v) is 9.89. The Morgan fingerprint density at radius 2 is 2.19 bits per heavy atom. The SMILES string of the molecule is CC1CCCN(c2cnc(CN)cn2)CC1. The highest BCUT2D eigenvalue weighted by Gasteiger charge is 2.14. The standard InChI is InChI=1S/C12H20N4/c1-10-3-2-5-16(6-4-10)12-9-14-11(7-13)8-15-12/h8-10H,2-7,13H2,1H3. The van der Waals surface area contributed by atoms with Gasteiger partial charge in [0, 0.05) is 19.6 Å². The molecule has 0 bridgehead atoms. The number of nitrogens with zero attached hydrogens (tertiary/aromatic N) is 3. The third-order valence-corrected chi connectivity index (χ3v) is 3.24. The summed E-state index contributed by atoms with van der Waals surface area (Å²) in [4.78, 5) is 11.0. The van der Waals surface area contributed by atoms with E-state index in [0.29, 0.717) is 6.54 Å². The average Bonchev–Trinajstić information content (AvgIpc) is 2.54. The van der Waals surface area contributed by atoms with Crippen LogP contribution in [0.25, 0.3) is 0 Å². The molecule has 0 saturated carbocycles. The van der Waals surface area contributed by atoms with Gasteiger partial charge in [-0.1, -0.05) is 6.92 Å². The van der Waals surface area contributed by atoms with Crippen LogP contribution in [0.4, 0.5) is 5.82 Å². The smallest absolute Gasteiger partial charge is 0.147 e. The van der Waals surface area contributed by atoms with Crippen molar-refractivity contribution in [3.8, 4) is 0 Å². The summed E-state index contributed by atoms with van der Waals surface area (Å²) in [6.45, 7) is 4.98. The molecule has 0 spiro atoms. The fraction of sp³-hybridized carbons (Fsp3) is 0.667. The lowest BCUT2D eigenvalue weighted by molar-refractivity contribution is 0.521. The number of nitrogens with two attached hydrogens (primary N) is 1. The molecular weight excluding hydrogens is 200 g/mol. The summed E-state index contributed by atoms with van der Waals surface area (Å²) in [5.41, 5.74) is 6.36. The van der Waals surface area contributed by atoms with Gasteiger partial charge in [-0.05, 0) is 25.2 Å². The fourth-order valence-electron chi connectivity index (χ4n) is 2.11. The molecular formula is C12H20N4. The molecule has 1 aromatic rings. The van der Waals surface area contributed by atoms with Crippen LogP contribution in [0.15, 0.2) is 12.4 Å². The summed E-state index contributed by atoms with van der Waals surface area (Å²) in [6.07, 6.45) is 7.45. The van der Waals surface area contributed by atoms with Crippen LogP contribution in [0.3, 0.4) is 0 Å². The van der Waals surface area contributed by atoms with Crippen molar-refractivity contribution in [2.75, 3.05) is 18.0 Å². The molecule has 4 nitrogen and oxygen atoms in total. The summed E-state index contributed by atoms with van der Waals surface area (Å²) in [5, 5.41) is 0. The molecule has 2 heterocycles. The number of hydrogen-bond donors (Lipinski definition) is 1. The Kier molecular flexibility index (Phi) is 3.72. The van der Waals surface area contributed by atoms with Crippen LogP contribution in [0, 0.1) is 5.92 Å². The molecule has 1 atom stereocenters. The minimum Gasteiger partial charge on any atom is -0.355 e. The maximum atomic E-state index is 5.51. The van der Waals surface area contributed by atoms with Gasteiger partial charge in [-0.2, -0.15) is 0 Å². The molecule has 0 radical (unpaired) electrons. The molecule has 1 aliphatic heterocycles. The van der Waals surface area contributed by atoms with Gasteiger partial charge in [-0.25, -0.2) is 4.98 Å². The molecule has 2 rings (SSSR count). The Hall–Kier alpha value is -1.16. The normalized spacial score (nSPS) is 21.9. The van der Waals surface area contributed by atoms with Crippen molar-refractivity contribution >= 4 is 5.82 Å². The van der Waals surface area contributed by atoms with Crippen molar-refractivity contribution in [3.63, 3.8) is 0 Å². The molecule has 4 heteroatoms. The third-order valence-electron chi connectivity index (χ3n) is 3.24. The molecule has 1 aliphatic rings. The molecule has 0 aliphatic carbocycles. The lowest BCUT2D eigenvalue weighted by Gasteiger charge is -2.21. The van der Waals surface area contributed by atoms with Gasteiger partial charge in [0.1, 0.15) is 5.82 Å². The molecule has 2 N–H and O–H groups in total. The number of rotatable bonds is 2. The minimum absolute atomic E-state index is 0.463. The van der Waals surface area contributed by atoms with Crippen LogP contribution in [-0.2, 0) is 6.54 Å². The predicted molar refractivity (Wildman–Crippen MR) is 65.2 cm³/mol. The van der Waals surface area contributed by atoms with Gasteiger partial charge >= 0.3 is 0 Å². The quantitative estimate of drug-likeness (QED) is 0.822. The Balaban J connectivity index is 2.04. The summed E-state index contributed by atoms with van der Waals surface area (Å²) < 4.78 is 0. The Bertz CT molecular complexity index is 322. The monoisotopic (exact) mass is 220 g/mol. The highest BCUT2D eigenvalue weighted by molar-refractivity contribution is 5.35. The third kappa shape index (κ3) is 2.70. The van der Waals surface area contributed by atoms with Gasteiger partial charge in [0.15, 0.2) is 0 Å². The van der Waals surface area contributed by atoms with Crippen molar-refractivity contribution in [3.05, 3.63) is 18.1 Å². The lowest BCUT2D eigenvalue weighted by Crippen LogP contribution is -2.25. The first kappa shape index (κ1) is 11.3. The Labute approximate surface area is 96.9 Å². The number of anilines is 1. The summed E-state index contributed by atoms with van der Waals surface area (Å²) in [6, 6.07) is 0. The summed E-state index contributed by atoms with van der Waals surface area (Å²) in [7, 11) is 0. The van der Waals surface area contributed by atoms with E-state index in [1.807, 2.05) is 6.20 Å². The van der Waals surface area contributed by atoms with E-state index >= 15 is 0 Å². The van der Waals surface area contributed by atoms with E-state index in [9.17, 15) is 0 Å². The van der Waals surface area contributed by atoms with Gasteiger partial charge < -0.3 is 10.6 Å². The Morgan fingerprint density at radius 3 is 2.88 bits per heavy atom. The van der Waals surface area contributed by atoms with E-state index in [0.717, 1.165) is 30.5 Å². The van der Waals surface area contributed by atoms with Crippen molar-refractivity contribution < 1.29 is 0 Å². The van der Waals surface area contributed by atoms with Crippen molar-refractivity contribution in [2.45, 2.75) is 32.7 Å². The van der Waals surface area contributed by atoms with E-state index in [1.54, 1.807) is 6.20 Å². The second kappa shape index (κ2) is 5.25. The molecule has 1 unspecified atom stereocenters. The minimum atomic E-state index is 0.463. The van der Waals surface area contributed by atoms with E-state index < -0.39 is 0 Å². The molecule has 1 fully saturated rings. The topological polar surface area (TPSA) is 55.0 Å². The second-order valence-corrected chi connectivity index (χ2v) is 4.59. The maximum Gasteiger partial charge on any atom is 0.147 e. The average molecular weight is 220 g/mol. The van der Waals surface area contributed by atoms with Crippen molar-refractivity contribution in [1.29, 1.82) is 0 Å². The van der Waals surface area contributed by atoms with Gasteiger partial charge in [0.25, 0.3) is 0 Å². The number of aromatic nitrogens is 2.